The van der Waals surface area contributed by atoms with Crippen LogP contribution in [-0.2, 0) is 17.5 Å². The van der Waals surface area contributed by atoms with E-state index in [1.807, 2.05) is 0 Å². The van der Waals surface area contributed by atoms with Crippen LogP contribution in [0.15, 0.2) is 42.0 Å². The molecule has 3 rings (SSSR count). The molecule has 1 heterocycles. The van der Waals surface area contributed by atoms with Crippen LogP contribution < -0.4 is 0 Å². The van der Waals surface area contributed by atoms with Crippen LogP contribution in [0.1, 0.15) is 23.7 Å². The molecule has 1 aromatic heterocycles. The number of carboxylic acids is 1. The number of halogens is 5. The zero-order chi connectivity index (χ0) is 20.6. The average molecular weight is 396 g/mol. The van der Waals surface area contributed by atoms with Crippen molar-refractivity contribution in [2.45, 2.75) is 19.6 Å². The highest BCUT2D eigenvalue weighted by Crippen LogP contribution is 2.33. The van der Waals surface area contributed by atoms with Crippen LogP contribution >= 0.6 is 0 Å². The summed E-state index contributed by atoms with van der Waals surface area (Å²) in [4.78, 5) is 11.1. The summed E-state index contributed by atoms with van der Waals surface area (Å²) in [6.07, 6.45) is -3.38. The molecule has 0 amide bonds. The van der Waals surface area contributed by atoms with E-state index in [2.05, 4.69) is 5.10 Å². The minimum atomic E-state index is -4.60. The van der Waals surface area contributed by atoms with E-state index in [0.29, 0.717) is 6.07 Å². The van der Waals surface area contributed by atoms with Crippen LogP contribution in [0.2, 0.25) is 0 Å². The summed E-state index contributed by atoms with van der Waals surface area (Å²) < 4.78 is 67.5. The summed E-state index contributed by atoms with van der Waals surface area (Å²) in [7, 11) is 0. The second kappa shape index (κ2) is 7.06. The maximum absolute atomic E-state index is 14.0. The Hall–Kier alpha value is -3.23. The first-order valence-corrected chi connectivity index (χ1v) is 7.99. The van der Waals surface area contributed by atoms with E-state index in [9.17, 15) is 26.7 Å². The lowest BCUT2D eigenvalue weighted by atomic mass is 10.1. The Labute approximate surface area is 155 Å². The van der Waals surface area contributed by atoms with E-state index in [-0.39, 0.29) is 34.3 Å². The fraction of sp³-hybridized carbons (Fsp3) is 0.158. The molecule has 0 spiro atoms. The first kappa shape index (κ1) is 19.5. The van der Waals surface area contributed by atoms with Gasteiger partial charge in [0.1, 0.15) is 11.6 Å². The molecule has 0 saturated carbocycles. The molecular weight excluding hydrogens is 383 g/mol. The van der Waals surface area contributed by atoms with E-state index in [1.165, 1.54) is 25.1 Å². The fourth-order valence-corrected chi connectivity index (χ4v) is 2.68. The van der Waals surface area contributed by atoms with Gasteiger partial charge in [0.25, 0.3) is 0 Å². The Morgan fingerprint density at radius 3 is 2.50 bits per heavy atom. The zero-order valence-corrected chi connectivity index (χ0v) is 14.4. The standard InChI is InChI=1S/C19H13F5N2O2/c1-10(18(27)28)6-16-14-5-3-12(19(22,23)24)7-17(14)26(25-16)9-11-2-4-13(20)8-15(11)21/h2-8H,9H2,1H3,(H,27,28)/b10-6+. The molecule has 0 unspecified atom stereocenters. The number of aliphatic carboxylic acids is 1. The average Bonchev–Trinajstić information content (AvgIpc) is 2.93. The highest BCUT2D eigenvalue weighted by Gasteiger charge is 2.31. The zero-order valence-electron chi connectivity index (χ0n) is 14.4. The Morgan fingerprint density at radius 1 is 1.18 bits per heavy atom. The smallest absolute Gasteiger partial charge is 0.416 e. The van der Waals surface area contributed by atoms with Gasteiger partial charge in [0.15, 0.2) is 0 Å². The van der Waals surface area contributed by atoms with Crippen molar-refractivity contribution >= 4 is 22.9 Å². The van der Waals surface area contributed by atoms with Crippen molar-refractivity contribution in [2.75, 3.05) is 0 Å². The predicted molar refractivity (Wildman–Crippen MR) is 91.5 cm³/mol. The summed E-state index contributed by atoms with van der Waals surface area (Å²) in [5.41, 5.74) is -0.798. The van der Waals surface area contributed by atoms with E-state index in [1.54, 1.807) is 0 Å². The molecule has 9 heteroatoms. The van der Waals surface area contributed by atoms with Crippen LogP contribution in [0.4, 0.5) is 22.0 Å². The Bertz CT molecular complexity index is 1100. The first-order chi connectivity index (χ1) is 13.1. The fourth-order valence-electron chi connectivity index (χ4n) is 2.68. The third-order valence-electron chi connectivity index (χ3n) is 4.13. The number of nitrogens with zero attached hydrogens (tertiary/aromatic N) is 2. The van der Waals surface area contributed by atoms with Crippen LogP contribution in [0.25, 0.3) is 17.0 Å². The van der Waals surface area contributed by atoms with Gasteiger partial charge in [0.05, 0.1) is 23.3 Å². The van der Waals surface area contributed by atoms with Gasteiger partial charge >= 0.3 is 12.1 Å². The second-order valence-corrected chi connectivity index (χ2v) is 6.14. The minimum absolute atomic E-state index is 0.0219. The topological polar surface area (TPSA) is 55.1 Å². The van der Waals surface area contributed by atoms with E-state index < -0.39 is 29.3 Å². The van der Waals surface area contributed by atoms with E-state index in [0.717, 1.165) is 22.9 Å². The normalized spacial score (nSPS) is 12.6. The number of fused-ring (bicyclic) bond motifs is 1. The molecule has 28 heavy (non-hydrogen) atoms. The molecule has 1 N–H and O–H groups in total. The Morgan fingerprint density at radius 2 is 1.89 bits per heavy atom. The number of aromatic nitrogens is 2. The van der Waals surface area contributed by atoms with Crippen molar-refractivity contribution < 1.29 is 31.9 Å². The number of rotatable bonds is 4. The number of hydrogen-bond donors (Lipinski definition) is 1. The van der Waals surface area contributed by atoms with Crippen LogP contribution in [0, 0.1) is 11.6 Å². The predicted octanol–water partition coefficient (Wildman–Crippen LogP) is 4.87. The van der Waals surface area contributed by atoms with Crippen LogP contribution in [0.5, 0.6) is 0 Å². The third-order valence-corrected chi connectivity index (χ3v) is 4.13. The van der Waals surface area contributed by atoms with Crippen molar-refractivity contribution in [1.29, 1.82) is 0 Å². The molecule has 0 atom stereocenters. The maximum Gasteiger partial charge on any atom is 0.416 e. The lowest BCUT2D eigenvalue weighted by molar-refractivity contribution is -0.137. The third kappa shape index (κ3) is 3.88. The van der Waals surface area contributed by atoms with Gasteiger partial charge in [-0.3, -0.25) is 4.68 Å². The van der Waals surface area contributed by atoms with Gasteiger partial charge in [-0.25, -0.2) is 13.6 Å². The molecule has 0 aliphatic heterocycles. The van der Waals surface area contributed by atoms with Crippen LogP contribution in [0.3, 0.4) is 0 Å². The molecule has 0 aliphatic carbocycles. The molecular formula is C19H13F5N2O2. The van der Waals surface area contributed by atoms with Crippen molar-refractivity contribution in [2.24, 2.45) is 0 Å². The van der Waals surface area contributed by atoms with Gasteiger partial charge in [0, 0.05) is 22.6 Å². The molecule has 3 aromatic rings. The van der Waals surface area contributed by atoms with E-state index >= 15 is 0 Å². The van der Waals surface area contributed by atoms with Crippen molar-refractivity contribution in [1.82, 2.24) is 9.78 Å². The lowest BCUT2D eigenvalue weighted by Gasteiger charge is -2.08. The van der Waals surface area contributed by atoms with Crippen molar-refractivity contribution in [3.8, 4) is 0 Å². The van der Waals surface area contributed by atoms with Gasteiger partial charge in [-0.1, -0.05) is 6.07 Å². The molecule has 146 valence electrons. The van der Waals surface area contributed by atoms with Crippen molar-refractivity contribution in [3.63, 3.8) is 0 Å². The number of carboxylic acid groups (broad SMARTS) is 1. The molecule has 0 fully saturated rings. The highest BCUT2D eigenvalue weighted by atomic mass is 19.4. The molecule has 2 aromatic carbocycles. The van der Waals surface area contributed by atoms with E-state index in [4.69, 9.17) is 5.11 Å². The lowest BCUT2D eigenvalue weighted by Crippen LogP contribution is -2.07. The van der Waals surface area contributed by atoms with Gasteiger partial charge in [-0.2, -0.15) is 18.3 Å². The summed E-state index contributed by atoms with van der Waals surface area (Å²) in [5.74, 6) is -2.86. The van der Waals surface area contributed by atoms with Gasteiger partial charge in [-0.15, -0.1) is 0 Å². The molecule has 0 bridgehead atoms. The Kier molecular flexibility index (Phi) is 4.93. The molecule has 0 aliphatic rings. The number of benzene rings is 2. The largest absolute Gasteiger partial charge is 0.478 e. The SMILES string of the molecule is C/C(=C\c1nn(Cc2ccc(F)cc2F)c2cc(C(F)(F)F)ccc12)C(=O)O. The van der Waals surface area contributed by atoms with Gasteiger partial charge in [-0.05, 0) is 37.3 Å². The second-order valence-electron chi connectivity index (χ2n) is 6.14. The van der Waals surface area contributed by atoms with Crippen LogP contribution in [-0.4, -0.2) is 20.9 Å². The quantitative estimate of drug-likeness (QED) is 0.506. The molecule has 0 saturated heterocycles. The summed E-state index contributed by atoms with van der Waals surface area (Å²) >= 11 is 0. The number of carbonyl (C=O) groups is 1. The van der Waals surface area contributed by atoms with Gasteiger partial charge in [0.2, 0.25) is 0 Å². The summed E-state index contributed by atoms with van der Waals surface area (Å²) in [6, 6.07) is 5.77. The first-order valence-electron chi connectivity index (χ1n) is 7.99. The monoisotopic (exact) mass is 396 g/mol. The number of alkyl halides is 3. The van der Waals surface area contributed by atoms with Gasteiger partial charge < -0.3 is 5.11 Å². The minimum Gasteiger partial charge on any atom is -0.478 e. The summed E-state index contributed by atoms with van der Waals surface area (Å²) in [5, 5.41) is 13.5. The molecule has 4 nitrogen and oxygen atoms in total. The van der Waals surface area contributed by atoms with Crippen molar-refractivity contribution in [3.05, 3.63) is 70.4 Å². The highest BCUT2D eigenvalue weighted by molar-refractivity contribution is 5.95. The summed E-state index contributed by atoms with van der Waals surface area (Å²) in [6.45, 7) is 1.06. The Balaban J connectivity index is 2.18. The number of hydrogen-bond acceptors (Lipinski definition) is 2. The maximum atomic E-state index is 14.0. The molecule has 0 radical (unpaired) electrons.